The van der Waals surface area contributed by atoms with E-state index in [0.29, 0.717) is 17.8 Å². The van der Waals surface area contributed by atoms with Gasteiger partial charge >= 0.3 is 5.97 Å². The van der Waals surface area contributed by atoms with Crippen LogP contribution in [0.4, 0.5) is 0 Å². The summed E-state index contributed by atoms with van der Waals surface area (Å²) in [7, 11) is 0. The lowest BCUT2D eigenvalue weighted by molar-refractivity contribution is -0.145. The summed E-state index contributed by atoms with van der Waals surface area (Å²) in [6.45, 7) is 1.47. The van der Waals surface area contributed by atoms with Gasteiger partial charge in [0.25, 0.3) is 0 Å². The van der Waals surface area contributed by atoms with Crippen LogP contribution in [0.15, 0.2) is 0 Å². The second-order valence-corrected chi connectivity index (χ2v) is 5.20. The lowest BCUT2D eigenvalue weighted by Crippen LogP contribution is -2.43. The highest BCUT2D eigenvalue weighted by molar-refractivity contribution is 5.84. The number of fused-ring (bicyclic) bond motifs is 1. The average molecular weight is 209 g/mol. The lowest BCUT2D eigenvalue weighted by atomic mass is 9.94. The van der Waals surface area contributed by atoms with E-state index in [4.69, 9.17) is 0 Å². The van der Waals surface area contributed by atoms with Crippen LogP contribution in [-0.4, -0.2) is 23.0 Å². The fourth-order valence-corrected chi connectivity index (χ4v) is 4.35. The van der Waals surface area contributed by atoms with Crippen molar-refractivity contribution in [3.8, 4) is 0 Å². The number of nitrogens with one attached hydrogen (secondary N) is 1. The molecule has 3 aliphatic carbocycles. The van der Waals surface area contributed by atoms with E-state index in [1.54, 1.807) is 0 Å². The molecule has 5 atom stereocenters. The quantitative estimate of drug-likeness (QED) is 0.700. The van der Waals surface area contributed by atoms with Gasteiger partial charge in [-0.3, -0.25) is 9.59 Å². The van der Waals surface area contributed by atoms with E-state index in [9.17, 15) is 14.7 Å². The second-order valence-electron chi connectivity index (χ2n) is 5.20. The molecule has 4 nitrogen and oxygen atoms in total. The number of carbonyl (C=O) groups excluding carboxylic acids is 1. The normalized spacial score (nSPS) is 49.9. The van der Waals surface area contributed by atoms with Gasteiger partial charge in [-0.25, -0.2) is 0 Å². The van der Waals surface area contributed by atoms with Crippen LogP contribution in [0.2, 0.25) is 0 Å². The predicted molar refractivity (Wildman–Crippen MR) is 52.0 cm³/mol. The molecule has 0 heterocycles. The van der Waals surface area contributed by atoms with Crippen LogP contribution in [0.25, 0.3) is 0 Å². The van der Waals surface area contributed by atoms with Gasteiger partial charge in [0.05, 0.1) is 5.41 Å². The Morgan fingerprint density at radius 1 is 1.40 bits per heavy atom. The Morgan fingerprint density at radius 2 is 2.13 bits per heavy atom. The Hall–Kier alpha value is -1.06. The molecular weight excluding hydrogens is 194 g/mol. The number of rotatable bonds is 2. The highest BCUT2D eigenvalue weighted by Crippen LogP contribution is 2.76. The third-order valence-corrected chi connectivity index (χ3v) is 4.71. The Kier molecular flexibility index (Phi) is 1.56. The topological polar surface area (TPSA) is 66.4 Å². The maximum atomic E-state index is 11.4. The van der Waals surface area contributed by atoms with Gasteiger partial charge in [0, 0.05) is 13.0 Å². The van der Waals surface area contributed by atoms with Gasteiger partial charge in [0.2, 0.25) is 5.91 Å². The van der Waals surface area contributed by atoms with Crippen molar-refractivity contribution >= 4 is 11.9 Å². The minimum Gasteiger partial charge on any atom is -0.481 e. The molecule has 3 aliphatic rings. The molecular formula is C11H15NO3. The van der Waals surface area contributed by atoms with Gasteiger partial charge in [-0.2, -0.15) is 0 Å². The van der Waals surface area contributed by atoms with Crippen molar-refractivity contribution < 1.29 is 14.7 Å². The molecule has 3 rings (SSSR count). The van der Waals surface area contributed by atoms with Gasteiger partial charge in [0.1, 0.15) is 0 Å². The van der Waals surface area contributed by atoms with Crippen LogP contribution < -0.4 is 5.32 Å². The van der Waals surface area contributed by atoms with Crippen molar-refractivity contribution in [2.75, 3.05) is 0 Å². The van der Waals surface area contributed by atoms with Crippen molar-refractivity contribution in [1.29, 1.82) is 0 Å². The largest absolute Gasteiger partial charge is 0.481 e. The van der Waals surface area contributed by atoms with Crippen molar-refractivity contribution in [2.24, 2.45) is 23.2 Å². The van der Waals surface area contributed by atoms with E-state index < -0.39 is 11.4 Å². The standard InChI is InChI=1S/C11H15NO3/c1-5(13)12-8-4-6-2-3-7-9(6)11(7,8)10(14)15/h6-9H,2-4H2,1H3,(H,12,13)(H,14,15)/t6-,7+,8-,9?,11+/m1/s1. The van der Waals surface area contributed by atoms with E-state index >= 15 is 0 Å². The molecule has 2 N–H and O–H groups in total. The van der Waals surface area contributed by atoms with Crippen LogP contribution >= 0.6 is 0 Å². The molecule has 0 bridgehead atoms. The van der Waals surface area contributed by atoms with E-state index in [1.165, 1.54) is 6.92 Å². The number of carboxylic acids is 1. The SMILES string of the molecule is CC(=O)N[C@@H]1C[C@H]2CC[C@H]3C2[C@@]13C(=O)O. The van der Waals surface area contributed by atoms with E-state index in [2.05, 4.69) is 5.32 Å². The lowest BCUT2D eigenvalue weighted by Gasteiger charge is -2.21. The summed E-state index contributed by atoms with van der Waals surface area (Å²) in [5.41, 5.74) is -0.589. The molecule has 3 fully saturated rings. The zero-order valence-electron chi connectivity index (χ0n) is 8.69. The Balaban J connectivity index is 1.91. The molecule has 0 aromatic rings. The zero-order valence-corrected chi connectivity index (χ0v) is 8.69. The summed E-state index contributed by atoms with van der Waals surface area (Å²) >= 11 is 0. The van der Waals surface area contributed by atoms with Crippen LogP contribution in [-0.2, 0) is 9.59 Å². The van der Waals surface area contributed by atoms with E-state index in [-0.39, 0.29) is 11.9 Å². The van der Waals surface area contributed by atoms with Crippen molar-refractivity contribution in [3.05, 3.63) is 0 Å². The molecule has 0 saturated heterocycles. The van der Waals surface area contributed by atoms with Gasteiger partial charge < -0.3 is 10.4 Å². The first kappa shape index (κ1) is 9.19. The highest BCUT2D eigenvalue weighted by atomic mass is 16.4. The van der Waals surface area contributed by atoms with Crippen LogP contribution in [0.5, 0.6) is 0 Å². The van der Waals surface area contributed by atoms with Crippen LogP contribution in [0.3, 0.4) is 0 Å². The summed E-state index contributed by atoms with van der Waals surface area (Å²) in [6, 6.07) is -0.116. The zero-order chi connectivity index (χ0) is 10.8. The first-order chi connectivity index (χ1) is 7.08. The smallest absolute Gasteiger partial charge is 0.312 e. The first-order valence-electron chi connectivity index (χ1n) is 5.59. The summed E-state index contributed by atoms with van der Waals surface area (Å²) in [4.78, 5) is 22.5. The van der Waals surface area contributed by atoms with Crippen molar-refractivity contribution in [3.63, 3.8) is 0 Å². The summed E-state index contributed by atoms with van der Waals surface area (Å²) in [5, 5.41) is 12.2. The maximum absolute atomic E-state index is 11.4. The number of hydrogen-bond acceptors (Lipinski definition) is 2. The summed E-state index contributed by atoms with van der Waals surface area (Å²) in [5.74, 6) is 0.437. The summed E-state index contributed by atoms with van der Waals surface area (Å²) < 4.78 is 0. The molecule has 0 spiro atoms. The Labute approximate surface area is 88.0 Å². The Morgan fingerprint density at radius 3 is 2.67 bits per heavy atom. The fraction of sp³-hybridized carbons (Fsp3) is 0.818. The van der Waals surface area contributed by atoms with E-state index in [0.717, 1.165) is 19.3 Å². The molecule has 82 valence electrons. The minimum absolute atomic E-state index is 0.104. The molecule has 0 aliphatic heterocycles. The highest BCUT2D eigenvalue weighted by Gasteiger charge is 2.81. The van der Waals surface area contributed by atoms with Crippen molar-refractivity contribution in [1.82, 2.24) is 5.32 Å². The number of hydrogen-bond donors (Lipinski definition) is 2. The van der Waals surface area contributed by atoms with Gasteiger partial charge in [-0.1, -0.05) is 0 Å². The Bertz CT molecular complexity index is 354. The van der Waals surface area contributed by atoms with Gasteiger partial charge in [-0.15, -0.1) is 0 Å². The molecule has 0 aromatic carbocycles. The monoisotopic (exact) mass is 209 g/mol. The maximum Gasteiger partial charge on any atom is 0.312 e. The molecule has 0 radical (unpaired) electrons. The number of amides is 1. The molecule has 1 amide bonds. The molecule has 4 heteroatoms. The van der Waals surface area contributed by atoms with E-state index in [1.807, 2.05) is 0 Å². The molecule has 3 saturated carbocycles. The summed E-state index contributed by atoms with van der Waals surface area (Å²) in [6.07, 6.45) is 3.06. The third-order valence-electron chi connectivity index (χ3n) is 4.71. The first-order valence-corrected chi connectivity index (χ1v) is 5.59. The molecule has 1 unspecified atom stereocenters. The van der Waals surface area contributed by atoms with Gasteiger partial charge in [-0.05, 0) is 37.0 Å². The number of aliphatic carboxylic acids is 1. The van der Waals surface area contributed by atoms with Crippen LogP contribution in [0.1, 0.15) is 26.2 Å². The van der Waals surface area contributed by atoms with Crippen molar-refractivity contribution in [2.45, 2.75) is 32.2 Å². The third kappa shape index (κ3) is 0.880. The fourth-order valence-electron chi connectivity index (χ4n) is 4.35. The number of carboxylic acid groups (broad SMARTS) is 1. The average Bonchev–Trinajstić information content (AvgIpc) is 2.53. The molecule has 0 aromatic heterocycles. The predicted octanol–water partition coefficient (Wildman–Crippen LogP) is 0.622. The van der Waals surface area contributed by atoms with Gasteiger partial charge in [0.15, 0.2) is 0 Å². The molecule has 15 heavy (non-hydrogen) atoms. The minimum atomic E-state index is -0.696. The number of carbonyl (C=O) groups is 2. The van der Waals surface area contributed by atoms with Crippen LogP contribution in [0, 0.1) is 23.2 Å². The second kappa shape index (κ2) is 2.54.